The highest BCUT2D eigenvalue weighted by Crippen LogP contribution is 2.24. The number of thioether (sulfide) groups is 1. The van der Waals surface area contributed by atoms with Gasteiger partial charge in [0.1, 0.15) is 18.2 Å². The number of halogens is 1. The minimum atomic E-state index is -0.216. The average molecular weight is 386 g/mol. The van der Waals surface area contributed by atoms with Gasteiger partial charge in [-0.2, -0.15) is 0 Å². The van der Waals surface area contributed by atoms with Gasteiger partial charge in [0.25, 0.3) is 0 Å². The highest BCUT2D eigenvalue weighted by atomic mass is 32.2. The van der Waals surface area contributed by atoms with Crippen LogP contribution in [0, 0.1) is 11.7 Å². The number of hydrogen-bond acceptors (Lipinski definition) is 4. The highest BCUT2D eigenvalue weighted by Gasteiger charge is 2.14. The molecule has 0 saturated carbocycles. The van der Waals surface area contributed by atoms with Gasteiger partial charge in [-0.1, -0.05) is 55.9 Å². The van der Waals surface area contributed by atoms with Gasteiger partial charge in [0.2, 0.25) is 0 Å². The van der Waals surface area contributed by atoms with Crippen molar-refractivity contribution in [1.29, 1.82) is 0 Å². The van der Waals surface area contributed by atoms with Crippen LogP contribution in [0.15, 0.2) is 59.8 Å². The summed E-state index contributed by atoms with van der Waals surface area (Å²) in [5.41, 5.74) is 0.931. The molecule has 0 aliphatic rings. The Morgan fingerprint density at radius 3 is 2.63 bits per heavy atom. The summed E-state index contributed by atoms with van der Waals surface area (Å²) >= 11 is 1.57. The second-order valence-corrected chi connectivity index (χ2v) is 7.70. The van der Waals surface area contributed by atoms with Gasteiger partial charge in [0.05, 0.1) is 0 Å². The highest BCUT2D eigenvalue weighted by molar-refractivity contribution is 7.98. The van der Waals surface area contributed by atoms with Crippen molar-refractivity contribution in [3.05, 3.63) is 71.8 Å². The average Bonchev–Trinajstić information content (AvgIpc) is 3.05. The van der Waals surface area contributed by atoms with Crippen molar-refractivity contribution in [2.75, 3.05) is 0 Å². The number of para-hydroxylation sites is 1. The molecule has 27 heavy (non-hydrogen) atoms. The number of hydrogen-bond donors (Lipinski definition) is 0. The zero-order valence-electron chi connectivity index (χ0n) is 15.6. The fourth-order valence-corrected chi connectivity index (χ4v) is 3.51. The molecule has 0 aliphatic heterocycles. The molecular formula is C21H24FN3OS. The van der Waals surface area contributed by atoms with E-state index in [1.165, 1.54) is 6.07 Å². The Morgan fingerprint density at radius 1 is 1.07 bits per heavy atom. The number of ether oxygens (including phenoxy) is 1. The van der Waals surface area contributed by atoms with Crippen LogP contribution in [0.1, 0.15) is 31.7 Å². The van der Waals surface area contributed by atoms with E-state index in [0.29, 0.717) is 18.3 Å². The first-order chi connectivity index (χ1) is 13.1. The first kappa shape index (κ1) is 19.4. The zero-order chi connectivity index (χ0) is 19.1. The molecule has 3 rings (SSSR count). The Hall–Kier alpha value is -2.34. The molecule has 0 bridgehead atoms. The van der Waals surface area contributed by atoms with Crippen molar-refractivity contribution in [3.63, 3.8) is 0 Å². The first-order valence-corrected chi connectivity index (χ1v) is 10.1. The van der Waals surface area contributed by atoms with Crippen molar-refractivity contribution >= 4 is 11.8 Å². The molecule has 0 fully saturated rings. The van der Waals surface area contributed by atoms with Gasteiger partial charge in [0.15, 0.2) is 11.0 Å². The SMILES string of the molecule is CC(C)CCn1c(COc2ccccc2)nnc1SCc1cccc(F)c1. The summed E-state index contributed by atoms with van der Waals surface area (Å²) in [5, 5.41) is 9.52. The Balaban J connectivity index is 1.71. The lowest BCUT2D eigenvalue weighted by Gasteiger charge is -2.12. The van der Waals surface area contributed by atoms with Crippen LogP contribution in [0.5, 0.6) is 5.75 Å². The largest absolute Gasteiger partial charge is 0.486 e. The summed E-state index contributed by atoms with van der Waals surface area (Å²) in [7, 11) is 0. The minimum absolute atomic E-state index is 0.216. The Labute approximate surface area is 163 Å². The van der Waals surface area contributed by atoms with Crippen molar-refractivity contribution in [2.45, 2.75) is 44.3 Å². The molecule has 1 heterocycles. The number of benzene rings is 2. The number of rotatable bonds is 9. The topological polar surface area (TPSA) is 39.9 Å². The van der Waals surface area contributed by atoms with Gasteiger partial charge in [-0.05, 0) is 42.2 Å². The van der Waals surface area contributed by atoms with E-state index < -0.39 is 0 Å². The van der Waals surface area contributed by atoms with E-state index in [2.05, 4.69) is 28.6 Å². The van der Waals surface area contributed by atoms with E-state index in [-0.39, 0.29) is 5.82 Å². The lowest BCUT2D eigenvalue weighted by molar-refractivity contribution is 0.285. The van der Waals surface area contributed by atoms with E-state index in [9.17, 15) is 4.39 Å². The maximum absolute atomic E-state index is 13.4. The molecule has 4 nitrogen and oxygen atoms in total. The van der Waals surface area contributed by atoms with Crippen molar-refractivity contribution < 1.29 is 9.13 Å². The van der Waals surface area contributed by atoms with Crippen LogP contribution in [0.4, 0.5) is 4.39 Å². The zero-order valence-corrected chi connectivity index (χ0v) is 16.5. The van der Waals surface area contributed by atoms with E-state index in [1.807, 2.05) is 36.4 Å². The summed E-state index contributed by atoms with van der Waals surface area (Å²) in [6.45, 7) is 5.60. The second-order valence-electron chi connectivity index (χ2n) is 6.75. The van der Waals surface area contributed by atoms with E-state index in [1.54, 1.807) is 23.9 Å². The molecule has 142 valence electrons. The van der Waals surface area contributed by atoms with Crippen LogP contribution in [0.25, 0.3) is 0 Å². The molecule has 0 atom stereocenters. The van der Waals surface area contributed by atoms with Gasteiger partial charge >= 0.3 is 0 Å². The van der Waals surface area contributed by atoms with Crippen LogP contribution in [-0.2, 0) is 18.9 Å². The fraction of sp³-hybridized carbons (Fsp3) is 0.333. The third-order valence-corrected chi connectivity index (χ3v) is 5.13. The van der Waals surface area contributed by atoms with E-state index >= 15 is 0 Å². The second kappa shape index (κ2) is 9.55. The predicted molar refractivity (Wildman–Crippen MR) is 106 cm³/mol. The summed E-state index contributed by atoms with van der Waals surface area (Å²) in [4.78, 5) is 0. The third kappa shape index (κ3) is 5.82. The maximum atomic E-state index is 13.4. The fourth-order valence-electron chi connectivity index (χ4n) is 2.58. The Kier molecular flexibility index (Phi) is 6.87. The minimum Gasteiger partial charge on any atom is -0.486 e. The molecule has 6 heteroatoms. The molecule has 0 N–H and O–H groups in total. The number of aromatic nitrogens is 3. The summed E-state index contributed by atoms with van der Waals surface area (Å²) in [6, 6.07) is 16.4. The van der Waals surface area contributed by atoms with E-state index in [0.717, 1.165) is 35.3 Å². The van der Waals surface area contributed by atoms with Crippen LogP contribution in [0.3, 0.4) is 0 Å². The molecule has 0 radical (unpaired) electrons. The van der Waals surface area contributed by atoms with Gasteiger partial charge < -0.3 is 9.30 Å². The summed E-state index contributed by atoms with van der Waals surface area (Å²) in [5.74, 6) is 2.63. The first-order valence-electron chi connectivity index (χ1n) is 9.09. The van der Waals surface area contributed by atoms with Crippen LogP contribution in [0.2, 0.25) is 0 Å². The predicted octanol–water partition coefficient (Wildman–Crippen LogP) is 5.33. The number of nitrogens with zero attached hydrogens (tertiary/aromatic N) is 3. The molecular weight excluding hydrogens is 361 g/mol. The molecule has 2 aromatic carbocycles. The van der Waals surface area contributed by atoms with Gasteiger partial charge in [0, 0.05) is 12.3 Å². The summed E-state index contributed by atoms with van der Waals surface area (Å²) in [6.07, 6.45) is 1.03. The Bertz CT molecular complexity index is 852. The molecule has 0 amide bonds. The van der Waals surface area contributed by atoms with Crippen molar-refractivity contribution in [3.8, 4) is 5.75 Å². The molecule has 3 aromatic rings. The van der Waals surface area contributed by atoms with Crippen LogP contribution >= 0.6 is 11.8 Å². The normalized spacial score (nSPS) is 11.1. The van der Waals surface area contributed by atoms with Crippen LogP contribution in [-0.4, -0.2) is 14.8 Å². The summed E-state index contributed by atoms with van der Waals surface area (Å²) < 4.78 is 21.4. The molecule has 1 aromatic heterocycles. The van der Waals surface area contributed by atoms with Crippen molar-refractivity contribution in [2.24, 2.45) is 5.92 Å². The monoisotopic (exact) mass is 385 g/mol. The third-order valence-electron chi connectivity index (χ3n) is 4.09. The van der Waals surface area contributed by atoms with Crippen molar-refractivity contribution in [1.82, 2.24) is 14.8 Å². The smallest absolute Gasteiger partial charge is 0.191 e. The quantitative estimate of drug-likeness (QED) is 0.467. The Morgan fingerprint density at radius 2 is 1.89 bits per heavy atom. The lowest BCUT2D eigenvalue weighted by Crippen LogP contribution is -2.10. The maximum Gasteiger partial charge on any atom is 0.191 e. The standard InChI is InChI=1S/C21H24FN3OS/c1-16(2)11-12-25-20(14-26-19-9-4-3-5-10-19)23-24-21(25)27-15-17-7-6-8-18(22)13-17/h3-10,13,16H,11-12,14-15H2,1-2H3. The molecule has 0 spiro atoms. The molecule has 0 unspecified atom stereocenters. The van der Waals surface area contributed by atoms with Gasteiger partial charge in [-0.15, -0.1) is 10.2 Å². The van der Waals surface area contributed by atoms with Crippen LogP contribution < -0.4 is 4.74 Å². The van der Waals surface area contributed by atoms with Gasteiger partial charge in [-0.3, -0.25) is 0 Å². The lowest BCUT2D eigenvalue weighted by atomic mass is 10.1. The van der Waals surface area contributed by atoms with E-state index in [4.69, 9.17) is 4.74 Å². The molecule has 0 saturated heterocycles. The molecule has 0 aliphatic carbocycles. The van der Waals surface area contributed by atoms with Gasteiger partial charge in [-0.25, -0.2) is 4.39 Å².